The number of thiophene rings is 1. The Labute approximate surface area is 158 Å². The molecule has 1 aliphatic heterocycles. The summed E-state index contributed by atoms with van der Waals surface area (Å²) in [5.74, 6) is -0.190. The smallest absolute Gasteiger partial charge is 0.261 e. The van der Waals surface area contributed by atoms with Crippen LogP contribution in [0.3, 0.4) is 0 Å². The van der Waals surface area contributed by atoms with Crippen LogP contribution in [0.25, 0.3) is 0 Å². The van der Waals surface area contributed by atoms with Crippen LogP contribution in [-0.2, 0) is 11.3 Å². The van der Waals surface area contributed by atoms with E-state index in [9.17, 15) is 9.59 Å². The number of carbonyl (C=O) groups is 2. The molecule has 6 heteroatoms. The van der Waals surface area contributed by atoms with Crippen LogP contribution in [0, 0.1) is 6.92 Å². The number of hydrogen-bond donors (Lipinski definition) is 1. The van der Waals surface area contributed by atoms with Crippen LogP contribution in [0.5, 0.6) is 0 Å². The van der Waals surface area contributed by atoms with E-state index < -0.39 is 6.04 Å². The third kappa shape index (κ3) is 4.51. The van der Waals surface area contributed by atoms with Gasteiger partial charge in [-0.05, 0) is 36.4 Å². The highest BCUT2D eigenvalue weighted by Crippen LogP contribution is 2.13. The van der Waals surface area contributed by atoms with Gasteiger partial charge in [-0.2, -0.15) is 0 Å². The monoisotopic (exact) mass is 371 g/mol. The Bertz CT molecular complexity index is 752. The molecule has 1 unspecified atom stereocenters. The lowest BCUT2D eigenvalue weighted by molar-refractivity contribution is -0.134. The van der Waals surface area contributed by atoms with Gasteiger partial charge >= 0.3 is 0 Å². The molecule has 138 valence electrons. The van der Waals surface area contributed by atoms with E-state index in [0.717, 1.165) is 19.6 Å². The van der Waals surface area contributed by atoms with Crippen molar-refractivity contribution in [2.24, 2.45) is 0 Å². The zero-order valence-electron chi connectivity index (χ0n) is 15.3. The molecule has 2 aromatic rings. The Balaban J connectivity index is 1.48. The minimum atomic E-state index is -0.507. The van der Waals surface area contributed by atoms with Crippen molar-refractivity contribution in [2.75, 3.05) is 26.2 Å². The molecule has 1 atom stereocenters. The summed E-state index contributed by atoms with van der Waals surface area (Å²) in [6.45, 7) is 7.91. The van der Waals surface area contributed by atoms with E-state index in [-0.39, 0.29) is 11.8 Å². The molecule has 0 aliphatic carbocycles. The number of aryl methyl sites for hydroxylation is 1. The van der Waals surface area contributed by atoms with Crippen LogP contribution >= 0.6 is 11.3 Å². The molecule has 1 aromatic carbocycles. The van der Waals surface area contributed by atoms with Crippen molar-refractivity contribution >= 4 is 23.2 Å². The van der Waals surface area contributed by atoms with Gasteiger partial charge in [0.25, 0.3) is 5.91 Å². The fourth-order valence-electron chi connectivity index (χ4n) is 3.17. The van der Waals surface area contributed by atoms with E-state index in [0.29, 0.717) is 18.0 Å². The Morgan fingerprint density at radius 2 is 1.85 bits per heavy atom. The number of rotatable bonds is 5. The molecule has 1 aliphatic rings. The molecular formula is C20H25N3O2S. The summed E-state index contributed by atoms with van der Waals surface area (Å²) >= 11 is 1.38. The third-order valence-corrected chi connectivity index (χ3v) is 5.67. The molecule has 0 saturated carbocycles. The maximum Gasteiger partial charge on any atom is 0.261 e. The predicted octanol–water partition coefficient (Wildman–Crippen LogP) is 2.52. The van der Waals surface area contributed by atoms with E-state index in [2.05, 4.69) is 41.4 Å². The average molecular weight is 372 g/mol. The molecule has 0 bridgehead atoms. The van der Waals surface area contributed by atoms with Crippen molar-refractivity contribution in [2.45, 2.75) is 26.4 Å². The second kappa shape index (κ2) is 8.47. The highest BCUT2D eigenvalue weighted by atomic mass is 32.1. The van der Waals surface area contributed by atoms with Crippen molar-refractivity contribution in [1.82, 2.24) is 15.1 Å². The molecular weight excluding hydrogens is 346 g/mol. The Morgan fingerprint density at radius 3 is 2.50 bits per heavy atom. The lowest BCUT2D eigenvalue weighted by Crippen LogP contribution is -2.53. The van der Waals surface area contributed by atoms with Crippen molar-refractivity contribution in [1.29, 1.82) is 0 Å². The molecule has 1 saturated heterocycles. The van der Waals surface area contributed by atoms with E-state index >= 15 is 0 Å². The Hall–Kier alpha value is -2.18. The highest BCUT2D eigenvalue weighted by Gasteiger charge is 2.26. The second-order valence-electron chi connectivity index (χ2n) is 6.70. The first kappa shape index (κ1) is 18.6. The van der Waals surface area contributed by atoms with Crippen LogP contribution < -0.4 is 5.32 Å². The van der Waals surface area contributed by atoms with Crippen LogP contribution in [0.2, 0.25) is 0 Å². The van der Waals surface area contributed by atoms with Gasteiger partial charge in [0, 0.05) is 32.7 Å². The summed E-state index contributed by atoms with van der Waals surface area (Å²) in [6, 6.07) is 11.5. The molecule has 1 fully saturated rings. The first-order valence-corrected chi connectivity index (χ1v) is 9.82. The zero-order valence-corrected chi connectivity index (χ0v) is 16.1. The van der Waals surface area contributed by atoms with Crippen LogP contribution in [0.1, 0.15) is 27.7 Å². The van der Waals surface area contributed by atoms with E-state index in [1.807, 2.05) is 16.3 Å². The Morgan fingerprint density at radius 1 is 1.12 bits per heavy atom. The van der Waals surface area contributed by atoms with Crippen molar-refractivity contribution in [3.8, 4) is 0 Å². The largest absolute Gasteiger partial charge is 0.340 e. The van der Waals surface area contributed by atoms with Gasteiger partial charge in [-0.1, -0.05) is 30.3 Å². The number of amides is 2. The standard InChI is InChI=1S/C20H25N3O2S/c1-15-6-3-4-7-17(15)14-22-9-11-23(12-10-22)20(25)16(2)21-19(24)18-8-5-13-26-18/h3-8,13,16H,9-12,14H2,1-2H3,(H,21,24). The Kier molecular flexibility index (Phi) is 6.06. The van der Waals surface area contributed by atoms with Gasteiger partial charge in [-0.15, -0.1) is 11.3 Å². The minimum absolute atomic E-state index is 0.00884. The third-order valence-electron chi connectivity index (χ3n) is 4.80. The topological polar surface area (TPSA) is 52.6 Å². The number of carbonyl (C=O) groups excluding carboxylic acids is 2. The summed E-state index contributed by atoms with van der Waals surface area (Å²) in [6.07, 6.45) is 0. The first-order valence-electron chi connectivity index (χ1n) is 8.94. The van der Waals surface area contributed by atoms with Crippen LogP contribution in [-0.4, -0.2) is 53.8 Å². The van der Waals surface area contributed by atoms with E-state index in [4.69, 9.17) is 0 Å². The number of nitrogens with zero attached hydrogens (tertiary/aromatic N) is 2. The van der Waals surface area contributed by atoms with E-state index in [1.54, 1.807) is 13.0 Å². The van der Waals surface area contributed by atoms with Crippen LogP contribution in [0.4, 0.5) is 0 Å². The van der Waals surface area contributed by atoms with Gasteiger partial charge in [-0.3, -0.25) is 14.5 Å². The van der Waals surface area contributed by atoms with Crippen molar-refractivity contribution in [3.63, 3.8) is 0 Å². The lowest BCUT2D eigenvalue weighted by Gasteiger charge is -2.36. The summed E-state index contributed by atoms with van der Waals surface area (Å²) in [5.41, 5.74) is 2.64. The fraction of sp³-hybridized carbons (Fsp3) is 0.400. The van der Waals surface area contributed by atoms with Crippen LogP contribution in [0.15, 0.2) is 41.8 Å². The van der Waals surface area contributed by atoms with Gasteiger partial charge in [0.15, 0.2) is 0 Å². The molecule has 0 spiro atoms. The molecule has 26 heavy (non-hydrogen) atoms. The summed E-state index contributed by atoms with van der Waals surface area (Å²) in [7, 11) is 0. The van der Waals surface area contributed by atoms with Gasteiger partial charge in [0.05, 0.1) is 4.88 Å². The second-order valence-corrected chi connectivity index (χ2v) is 7.65. The van der Waals surface area contributed by atoms with Crippen molar-refractivity contribution in [3.05, 3.63) is 57.8 Å². The summed E-state index contributed by atoms with van der Waals surface area (Å²) in [4.78, 5) is 29.6. The molecule has 2 heterocycles. The SMILES string of the molecule is Cc1ccccc1CN1CCN(C(=O)C(C)NC(=O)c2cccs2)CC1. The van der Waals surface area contributed by atoms with Crippen molar-refractivity contribution < 1.29 is 9.59 Å². The average Bonchev–Trinajstić information content (AvgIpc) is 3.18. The molecule has 3 rings (SSSR count). The molecule has 0 radical (unpaired) electrons. The highest BCUT2D eigenvalue weighted by molar-refractivity contribution is 7.12. The number of hydrogen-bond acceptors (Lipinski definition) is 4. The van der Waals surface area contributed by atoms with Gasteiger partial charge in [-0.25, -0.2) is 0 Å². The maximum atomic E-state index is 12.6. The van der Waals surface area contributed by atoms with Gasteiger partial charge < -0.3 is 10.2 Å². The zero-order chi connectivity index (χ0) is 18.5. The molecule has 1 aromatic heterocycles. The number of benzene rings is 1. The maximum absolute atomic E-state index is 12.6. The van der Waals surface area contributed by atoms with Gasteiger partial charge in [0.2, 0.25) is 5.91 Å². The summed E-state index contributed by atoms with van der Waals surface area (Å²) < 4.78 is 0. The first-order chi connectivity index (χ1) is 12.5. The number of piperazine rings is 1. The molecule has 5 nitrogen and oxygen atoms in total. The van der Waals surface area contributed by atoms with E-state index in [1.165, 1.54) is 22.5 Å². The quantitative estimate of drug-likeness (QED) is 0.879. The molecule has 2 amide bonds. The van der Waals surface area contributed by atoms with Gasteiger partial charge in [0.1, 0.15) is 6.04 Å². The predicted molar refractivity (Wildman–Crippen MR) is 104 cm³/mol. The molecule has 1 N–H and O–H groups in total. The normalized spacial score (nSPS) is 16.3. The number of nitrogens with one attached hydrogen (secondary N) is 1. The lowest BCUT2D eigenvalue weighted by atomic mass is 10.1. The summed E-state index contributed by atoms with van der Waals surface area (Å²) in [5, 5.41) is 4.66. The fourth-order valence-corrected chi connectivity index (χ4v) is 3.79. The minimum Gasteiger partial charge on any atom is -0.340 e.